The first-order valence-corrected chi connectivity index (χ1v) is 8.18. The van der Waals surface area contributed by atoms with E-state index in [2.05, 4.69) is 20.8 Å². The van der Waals surface area contributed by atoms with Crippen molar-refractivity contribution >= 4 is 29.9 Å². The lowest BCUT2D eigenvalue weighted by atomic mass is 10.3. The number of nitrogens with one attached hydrogen (secondary N) is 2. The second kappa shape index (κ2) is 10.2. The molecule has 25 heavy (non-hydrogen) atoms. The Morgan fingerprint density at radius 3 is 2.80 bits per heavy atom. The van der Waals surface area contributed by atoms with Crippen LogP contribution in [0.25, 0.3) is 0 Å². The van der Waals surface area contributed by atoms with Gasteiger partial charge in [0.15, 0.2) is 11.7 Å². The number of rotatable bonds is 6. The highest BCUT2D eigenvalue weighted by molar-refractivity contribution is 14.0. The van der Waals surface area contributed by atoms with Crippen LogP contribution in [0.3, 0.4) is 0 Å². The van der Waals surface area contributed by atoms with Crippen LogP contribution in [0.15, 0.2) is 15.6 Å². The Morgan fingerprint density at radius 1 is 1.44 bits per heavy atom. The smallest absolute Gasteiger partial charge is 0.359 e. The van der Waals surface area contributed by atoms with E-state index in [0.717, 1.165) is 12.1 Å². The molecule has 2 N–H and O–H groups in total. The first-order chi connectivity index (χ1) is 11.4. The summed E-state index contributed by atoms with van der Waals surface area (Å²) in [6.45, 7) is 4.85. The van der Waals surface area contributed by atoms with Crippen molar-refractivity contribution in [1.82, 2.24) is 20.7 Å². The standard InChI is InChI=1S/C15H24F3N5O.HI/c1-3-11-7-13(24-22-11)8-20-14(19-4-2)21-12-5-6-23(9-12)10-15(16,17)18;/h7,12H,3-6,8-10H2,1-2H3,(H2,19,20,21);1H. The molecule has 0 amide bonds. The van der Waals surface area contributed by atoms with Crippen molar-refractivity contribution in [3.8, 4) is 0 Å². The Kier molecular flexibility index (Phi) is 8.97. The van der Waals surface area contributed by atoms with Gasteiger partial charge in [0.2, 0.25) is 0 Å². The van der Waals surface area contributed by atoms with Crippen LogP contribution >= 0.6 is 24.0 Å². The van der Waals surface area contributed by atoms with Crippen LogP contribution in [0.2, 0.25) is 0 Å². The lowest BCUT2D eigenvalue weighted by Gasteiger charge is -2.19. The highest BCUT2D eigenvalue weighted by atomic mass is 127. The third-order valence-corrected chi connectivity index (χ3v) is 3.72. The van der Waals surface area contributed by atoms with Gasteiger partial charge in [-0.15, -0.1) is 24.0 Å². The monoisotopic (exact) mass is 475 g/mol. The molecule has 1 aliphatic rings. The van der Waals surface area contributed by atoms with Gasteiger partial charge in [-0.2, -0.15) is 13.2 Å². The molecule has 0 aliphatic carbocycles. The molecule has 0 radical (unpaired) electrons. The van der Waals surface area contributed by atoms with Crippen molar-refractivity contribution in [3.63, 3.8) is 0 Å². The fourth-order valence-electron chi connectivity index (χ4n) is 2.61. The summed E-state index contributed by atoms with van der Waals surface area (Å²) in [6, 6.07) is 1.80. The van der Waals surface area contributed by atoms with Gasteiger partial charge in [-0.25, -0.2) is 4.99 Å². The molecule has 1 aromatic heterocycles. The molecule has 0 aromatic carbocycles. The summed E-state index contributed by atoms with van der Waals surface area (Å²) in [5.41, 5.74) is 0.872. The van der Waals surface area contributed by atoms with Crippen LogP contribution in [0.4, 0.5) is 13.2 Å². The van der Waals surface area contributed by atoms with Crippen molar-refractivity contribution < 1.29 is 17.7 Å². The summed E-state index contributed by atoms with van der Waals surface area (Å²) in [7, 11) is 0. The average Bonchev–Trinajstić information content (AvgIpc) is 3.12. The maximum Gasteiger partial charge on any atom is 0.401 e. The number of guanidine groups is 1. The summed E-state index contributed by atoms with van der Waals surface area (Å²) < 4.78 is 42.5. The van der Waals surface area contributed by atoms with E-state index >= 15 is 0 Å². The van der Waals surface area contributed by atoms with Crippen LogP contribution < -0.4 is 10.6 Å². The number of aryl methyl sites for hydroxylation is 1. The normalized spacial score (nSPS) is 18.9. The zero-order valence-electron chi connectivity index (χ0n) is 14.4. The highest BCUT2D eigenvalue weighted by Crippen LogP contribution is 2.19. The minimum Gasteiger partial charge on any atom is -0.359 e. The molecule has 1 aliphatic heterocycles. The van der Waals surface area contributed by atoms with Gasteiger partial charge in [-0.05, 0) is 19.8 Å². The van der Waals surface area contributed by atoms with E-state index < -0.39 is 12.7 Å². The molecule has 0 spiro atoms. The van der Waals surface area contributed by atoms with Gasteiger partial charge in [-0.1, -0.05) is 12.1 Å². The molecule has 1 aromatic rings. The second-order valence-corrected chi connectivity index (χ2v) is 5.81. The summed E-state index contributed by atoms with van der Waals surface area (Å²) in [5, 5.41) is 10.2. The topological polar surface area (TPSA) is 65.7 Å². The van der Waals surface area contributed by atoms with Crippen LogP contribution in [0.5, 0.6) is 0 Å². The van der Waals surface area contributed by atoms with E-state index in [4.69, 9.17) is 4.52 Å². The summed E-state index contributed by atoms with van der Waals surface area (Å²) >= 11 is 0. The molecule has 1 saturated heterocycles. The molecule has 2 rings (SSSR count). The molecule has 1 fully saturated rings. The Bertz CT molecular complexity index is 550. The molecule has 6 nitrogen and oxygen atoms in total. The number of likely N-dealkylation sites (tertiary alicyclic amines) is 1. The number of alkyl halides is 3. The van der Waals surface area contributed by atoms with Crippen LogP contribution in [0, 0.1) is 0 Å². The fourth-order valence-corrected chi connectivity index (χ4v) is 2.61. The number of halogens is 4. The van der Waals surface area contributed by atoms with E-state index in [1.54, 1.807) is 0 Å². The van der Waals surface area contributed by atoms with Crippen molar-refractivity contribution in [2.45, 2.75) is 45.5 Å². The third kappa shape index (κ3) is 7.80. The third-order valence-electron chi connectivity index (χ3n) is 3.72. The van der Waals surface area contributed by atoms with E-state index in [-0.39, 0.29) is 30.0 Å². The van der Waals surface area contributed by atoms with E-state index in [1.165, 1.54) is 4.90 Å². The predicted octanol–water partition coefficient (Wildman–Crippen LogP) is 2.55. The van der Waals surface area contributed by atoms with Crippen molar-refractivity contribution in [2.75, 3.05) is 26.2 Å². The van der Waals surface area contributed by atoms with Gasteiger partial charge in [0.25, 0.3) is 0 Å². The number of nitrogens with zero attached hydrogens (tertiary/aromatic N) is 3. The first-order valence-electron chi connectivity index (χ1n) is 8.18. The van der Waals surface area contributed by atoms with E-state index in [1.807, 2.05) is 19.9 Å². The van der Waals surface area contributed by atoms with Crippen LogP contribution in [-0.2, 0) is 13.0 Å². The summed E-state index contributed by atoms with van der Waals surface area (Å²) in [6.07, 6.45) is -2.71. The van der Waals surface area contributed by atoms with E-state index in [9.17, 15) is 13.2 Å². The van der Waals surface area contributed by atoms with E-state index in [0.29, 0.717) is 44.3 Å². The molecule has 2 heterocycles. The predicted molar refractivity (Wildman–Crippen MR) is 100 cm³/mol. The Balaban J connectivity index is 0.00000312. The highest BCUT2D eigenvalue weighted by Gasteiger charge is 2.34. The first kappa shape index (κ1) is 22.0. The minimum atomic E-state index is -4.16. The molecule has 0 saturated carbocycles. The van der Waals surface area contributed by atoms with Gasteiger partial charge in [0.05, 0.1) is 12.2 Å². The molecule has 144 valence electrons. The molecule has 1 atom stereocenters. The SMILES string of the molecule is CCNC(=NCc1cc(CC)no1)NC1CCN(CC(F)(F)F)C1.I. The maximum atomic E-state index is 12.4. The van der Waals surface area contributed by atoms with Gasteiger partial charge < -0.3 is 15.2 Å². The number of hydrogen-bond acceptors (Lipinski definition) is 4. The number of aliphatic imine (C=N–C) groups is 1. The lowest BCUT2D eigenvalue weighted by Crippen LogP contribution is -2.45. The average molecular weight is 475 g/mol. The van der Waals surface area contributed by atoms with Gasteiger partial charge in [-0.3, -0.25) is 4.90 Å². The minimum absolute atomic E-state index is 0. The maximum absolute atomic E-state index is 12.4. The fraction of sp³-hybridized carbons (Fsp3) is 0.733. The second-order valence-electron chi connectivity index (χ2n) is 5.81. The molecule has 0 bridgehead atoms. The zero-order valence-corrected chi connectivity index (χ0v) is 16.7. The molecular weight excluding hydrogens is 450 g/mol. The lowest BCUT2D eigenvalue weighted by molar-refractivity contribution is -0.143. The molecule has 1 unspecified atom stereocenters. The van der Waals surface area contributed by atoms with Gasteiger partial charge in [0, 0.05) is 31.7 Å². The Labute approximate surface area is 162 Å². The van der Waals surface area contributed by atoms with Crippen molar-refractivity contribution in [3.05, 3.63) is 17.5 Å². The van der Waals surface area contributed by atoms with Gasteiger partial charge in [0.1, 0.15) is 6.54 Å². The van der Waals surface area contributed by atoms with Crippen molar-refractivity contribution in [1.29, 1.82) is 0 Å². The molecular formula is C15H25F3IN5O. The van der Waals surface area contributed by atoms with Crippen molar-refractivity contribution in [2.24, 2.45) is 4.99 Å². The zero-order chi connectivity index (χ0) is 17.6. The van der Waals surface area contributed by atoms with Crippen LogP contribution in [-0.4, -0.2) is 54.4 Å². The Hall–Kier alpha value is -1.04. The number of hydrogen-bond donors (Lipinski definition) is 2. The quantitative estimate of drug-likeness (QED) is 0.376. The molecule has 10 heteroatoms. The summed E-state index contributed by atoms with van der Waals surface area (Å²) in [4.78, 5) is 5.82. The van der Waals surface area contributed by atoms with Gasteiger partial charge >= 0.3 is 6.18 Å². The largest absolute Gasteiger partial charge is 0.401 e. The summed E-state index contributed by atoms with van der Waals surface area (Å²) in [5.74, 6) is 1.24. The number of aromatic nitrogens is 1. The Morgan fingerprint density at radius 2 is 2.20 bits per heavy atom. The van der Waals surface area contributed by atoms with Crippen LogP contribution in [0.1, 0.15) is 31.7 Å².